The Balaban J connectivity index is 0.633. The highest BCUT2D eigenvalue weighted by atomic mass is 17.3. The van der Waals surface area contributed by atoms with Gasteiger partial charge in [0.25, 0.3) is 11.8 Å². The van der Waals surface area contributed by atoms with Crippen LogP contribution in [-0.4, -0.2) is 72.8 Å². The Morgan fingerprint density at radius 3 is 1.38 bits per heavy atom. The van der Waals surface area contributed by atoms with E-state index in [4.69, 9.17) is 48.0 Å². The van der Waals surface area contributed by atoms with E-state index in [1.165, 1.54) is 0 Å². The van der Waals surface area contributed by atoms with Gasteiger partial charge in [-0.15, -0.1) is 0 Å². The van der Waals surface area contributed by atoms with Crippen molar-refractivity contribution in [2.24, 2.45) is 47.3 Å². The topological polar surface area (TPSA) is 150 Å². The minimum Gasteiger partial charge on any atom is -0.352 e. The summed E-state index contributed by atoms with van der Waals surface area (Å²) in [5, 5.41) is 6.00. The van der Waals surface area contributed by atoms with E-state index in [1.54, 1.807) is 0 Å². The molecule has 8 aliphatic heterocycles. The third kappa shape index (κ3) is 7.94. The Kier molecular flexibility index (Phi) is 12.3. The number of carbonyl (C=O) groups excluding carboxylic acids is 2. The van der Waals surface area contributed by atoms with Crippen molar-refractivity contribution in [3.63, 3.8) is 0 Å². The number of nitrogens with one attached hydrogen (secondary N) is 2. The summed E-state index contributed by atoms with van der Waals surface area (Å²) in [7, 11) is 0. The van der Waals surface area contributed by atoms with Crippen molar-refractivity contribution in [3.05, 3.63) is 70.8 Å². The molecule has 350 valence electrons. The standard InChI is InChI=1S/C50H68N2O12/c1-29-9-19-39-31(3)43(57-45-49(39)37(29)21-23-47(5,59-45)61-63-49)55-27-33-11-15-35(16-12-33)41(53)51-25-7-8-26-52-42(54)36-17-13-34(14-18-36)28-56-44-32(4)40-20-10-30(2)38-22-24-48(6)60-46(58-44)50(38,40)64-62-48/h11-18,29-32,37-40,43-46H,7-10,19-28H2,1-6H3,(H,51,53)(H,52,54)/t29-,30-,31-,32-,37?,38?,39?,40?,43+,44+,45?,46?,47+,48+,49-,50-/m1/s1. The molecule has 14 heteroatoms. The van der Waals surface area contributed by atoms with Crippen LogP contribution in [0.1, 0.15) is 138 Å². The number of benzene rings is 2. The predicted molar refractivity (Wildman–Crippen MR) is 230 cm³/mol. The number of fused-ring (bicyclic) bond motifs is 4. The van der Waals surface area contributed by atoms with Crippen LogP contribution in [-0.2, 0) is 61.2 Å². The Morgan fingerprint density at radius 1 is 0.562 bits per heavy atom. The third-order valence-corrected chi connectivity index (χ3v) is 16.6. The maximum absolute atomic E-state index is 12.9. The second kappa shape index (κ2) is 17.6. The number of carbonyl (C=O) groups is 2. The lowest BCUT2D eigenvalue weighted by Gasteiger charge is -2.60. The van der Waals surface area contributed by atoms with E-state index < -0.39 is 47.9 Å². The molecular weight excluding hydrogens is 821 g/mol. The number of hydrogen-bond donors (Lipinski definition) is 2. The van der Waals surface area contributed by atoms with Crippen LogP contribution >= 0.6 is 0 Å². The van der Waals surface area contributed by atoms with Crippen LogP contribution in [0.3, 0.4) is 0 Å². The SMILES string of the molecule is C[C@@H]1CCC2[C@@H](C)[C@@H](OCc3ccc(C(=O)NCCCCNC(=O)c4ccc(CO[C@H]5OC6O[C@]7(C)CCC8[C@H](C)CCC([C@H]5C)[C@@]68OO7)cc4)cc3)OC3O[C@]4(C)CCC1[C@]32OO4. The van der Waals surface area contributed by atoms with Crippen LogP contribution in [0, 0.1) is 47.3 Å². The largest absolute Gasteiger partial charge is 0.352 e. The quantitative estimate of drug-likeness (QED) is 0.148. The van der Waals surface area contributed by atoms with Gasteiger partial charge in [-0.05, 0) is 124 Å². The summed E-state index contributed by atoms with van der Waals surface area (Å²) in [5.74, 6) is 0.256. The highest BCUT2D eigenvalue weighted by Crippen LogP contribution is 2.62. The molecule has 6 unspecified atom stereocenters. The Hall–Kier alpha value is -3.02. The van der Waals surface area contributed by atoms with Gasteiger partial charge in [0.05, 0.1) is 13.2 Å². The summed E-state index contributed by atoms with van der Waals surface area (Å²) >= 11 is 0. The van der Waals surface area contributed by atoms with Crippen molar-refractivity contribution in [2.75, 3.05) is 13.1 Å². The summed E-state index contributed by atoms with van der Waals surface area (Å²) in [6, 6.07) is 15.0. The zero-order valence-corrected chi connectivity index (χ0v) is 38.3. The van der Waals surface area contributed by atoms with E-state index in [2.05, 4.69) is 38.3 Å². The average Bonchev–Trinajstić information content (AvgIpc) is 3.67. The van der Waals surface area contributed by atoms with E-state index >= 15 is 0 Å². The zero-order valence-electron chi connectivity index (χ0n) is 38.3. The second-order valence-electron chi connectivity index (χ2n) is 20.8. The molecule has 2 aromatic carbocycles. The van der Waals surface area contributed by atoms with Crippen LogP contribution < -0.4 is 10.6 Å². The molecule has 4 bridgehead atoms. The number of unbranched alkanes of at least 4 members (excludes halogenated alkanes) is 1. The van der Waals surface area contributed by atoms with E-state index in [0.29, 0.717) is 61.1 Å². The van der Waals surface area contributed by atoms with E-state index in [0.717, 1.165) is 75.3 Å². The van der Waals surface area contributed by atoms with Gasteiger partial charge in [-0.3, -0.25) is 9.59 Å². The summed E-state index contributed by atoms with van der Waals surface area (Å²) in [6.45, 7) is 14.5. The zero-order chi connectivity index (χ0) is 44.4. The molecule has 8 saturated heterocycles. The molecule has 12 rings (SSSR count). The second-order valence-corrected chi connectivity index (χ2v) is 20.8. The monoisotopic (exact) mass is 888 g/mol. The van der Waals surface area contributed by atoms with Crippen LogP contribution in [0.25, 0.3) is 0 Å². The molecule has 14 nitrogen and oxygen atoms in total. The normalized spacial score (nSPS) is 43.0. The number of hydrogen-bond acceptors (Lipinski definition) is 12. The van der Waals surface area contributed by atoms with Gasteiger partial charge in [-0.25, -0.2) is 19.6 Å². The minimum atomic E-state index is -0.826. The van der Waals surface area contributed by atoms with Crippen molar-refractivity contribution in [1.29, 1.82) is 0 Å². The fourth-order valence-corrected chi connectivity index (χ4v) is 12.8. The summed E-state index contributed by atoms with van der Waals surface area (Å²) in [5.41, 5.74) is 1.83. The molecular formula is C50H68N2O12. The Morgan fingerprint density at radius 2 is 0.969 bits per heavy atom. The van der Waals surface area contributed by atoms with Gasteiger partial charge in [-0.1, -0.05) is 52.0 Å². The first-order chi connectivity index (χ1) is 30.8. The van der Waals surface area contributed by atoms with Gasteiger partial charge < -0.3 is 39.1 Å². The first-order valence-electron chi connectivity index (χ1n) is 24.2. The van der Waals surface area contributed by atoms with Crippen molar-refractivity contribution >= 4 is 11.8 Å². The molecule has 10 fully saturated rings. The summed E-state index contributed by atoms with van der Waals surface area (Å²) in [6.07, 6.45) is 7.26. The van der Waals surface area contributed by atoms with Crippen molar-refractivity contribution in [1.82, 2.24) is 10.6 Å². The van der Waals surface area contributed by atoms with Crippen molar-refractivity contribution in [3.8, 4) is 0 Å². The molecule has 0 radical (unpaired) electrons. The molecule has 2 aromatic rings. The fraction of sp³-hybridized carbons (Fsp3) is 0.720. The van der Waals surface area contributed by atoms with E-state index in [9.17, 15) is 9.59 Å². The van der Waals surface area contributed by atoms with Gasteiger partial charge >= 0.3 is 0 Å². The van der Waals surface area contributed by atoms with Crippen LogP contribution in [0.5, 0.6) is 0 Å². The maximum Gasteiger partial charge on any atom is 0.251 e. The molecule has 10 aliphatic rings. The lowest BCUT2D eigenvalue weighted by atomic mass is 9.58. The predicted octanol–water partition coefficient (Wildman–Crippen LogP) is 8.08. The first-order valence-corrected chi connectivity index (χ1v) is 24.2. The molecule has 2 saturated carbocycles. The molecule has 64 heavy (non-hydrogen) atoms. The molecule has 16 atom stereocenters. The van der Waals surface area contributed by atoms with Gasteiger partial charge in [0, 0.05) is 60.7 Å². The van der Waals surface area contributed by atoms with Crippen LogP contribution in [0.15, 0.2) is 48.5 Å². The molecule has 2 amide bonds. The Labute approximate surface area is 377 Å². The molecule has 0 aromatic heterocycles. The number of amides is 2. The van der Waals surface area contributed by atoms with Gasteiger partial charge in [0.2, 0.25) is 11.6 Å². The molecule has 2 N–H and O–H groups in total. The molecule has 8 heterocycles. The highest BCUT2D eigenvalue weighted by molar-refractivity contribution is 5.94. The van der Waals surface area contributed by atoms with Gasteiger partial charge in [-0.2, -0.15) is 0 Å². The molecule has 2 spiro atoms. The van der Waals surface area contributed by atoms with Crippen LogP contribution in [0.2, 0.25) is 0 Å². The first kappa shape index (κ1) is 44.8. The van der Waals surface area contributed by atoms with E-state index in [-0.39, 0.29) is 35.5 Å². The summed E-state index contributed by atoms with van der Waals surface area (Å²) < 4.78 is 38.9. The maximum atomic E-state index is 12.9. The number of rotatable bonds is 13. The fourth-order valence-electron chi connectivity index (χ4n) is 12.8. The van der Waals surface area contributed by atoms with E-state index in [1.807, 2.05) is 62.4 Å². The highest BCUT2D eigenvalue weighted by Gasteiger charge is 2.71. The summed E-state index contributed by atoms with van der Waals surface area (Å²) in [4.78, 5) is 50.3. The Bertz CT molecular complexity index is 1860. The smallest absolute Gasteiger partial charge is 0.251 e. The number of ether oxygens (including phenoxy) is 6. The van der Waals surface area contributed by atoms with Gasteiger partial charge in [0.15, 0.2) is 36.4 Å². The lowest BCUT2D eigenvalue weighted by Crippen LogP contribution is -2.70. The lowest BCUT2D eigenvalue weighted by molar-refractivity contribution is -0.577. The third-order valence-electron chi connectivity index (χ3n) is 16.6. The van der Waals surface area contributed by atoms with Crippen LogP contribution in [0.4, 0.5) is 0 Å². The van der Waals surface area contributed by atoms with Gasteiger partial charge in [0.1, 0.15) is 0 Å². The van der Waals surface area contributed by atoms with Crippen molar-refractivity contribution in [2.45, 2.75) is 167 Å². The molecule has 2 aliphatic carbocycles. The van der Waals surface area contributed by atoms with Crippen molar-refractivity contribution < 1.29 is 57.6 Å². The minimum absolute atomic E-state index is 0.0888. The average molecular weight is 889 g/mol.